The molecular formula is C26H35N3O3. The highest BCUT2D eigenvalue weighted by Crippen LogP contribution is 2.14. The molecule has 172 valence electrons. The lowest BCUT2D eigenvalue weighted by atomic mass is 10.1. The minimum absolute atomic E-state index is 0.0765. The summed E-state index contributed by atoms with van der Waals surface area (Å²) in [5, 5.41) is 6.60. The predicted molar refractivity (Wildman–Crippen MR) is 129 cm³/mol. The summed E-state index contributed by atoms with van der Waals surface area (Å²) in [5.74, 6) is 0.272. The van der Waals surface area contributed by atoms with Crippen molar-refractivity contribution in [3.63, 3.8) is 0 Å². The maximum absolute atomic E-state index is 11.9. The Balaban J connectivity index is 1.61. The van der Waals surface area contributed by atoms with E-state index in [1.807, 2.05) is 54.6 Å². The van der Waals surface area contributed by atoms with Crippen molar-refractivity contribution >= 4 is 18.0 Å². The van der Waals surface area contributed by atoms with Crippen LogP contribution in [0.1, 0.15) is 69.4 Å². The number of hydrogen-bond donors (Lipinski definition) is 2. The molecule has 0 aliphatic rings. The van der Waals surface area contributed by atoms with E-state index in [-0.39, 0.29) is 18.4 Å². The molecule has 0 aliphatic carbocycles. The van der Waals surface area contributed by atoms with Crippen molar-refractivity contribution in [1.82, 2.24) is 10.7 Å². The standard InChI is InChI=1S/C26H35N3O3/c1-2-3-4-5-6-7-11-17-25(30)27-20-26(31)29-28-19-23-15-12-16-24(18-23)32-21-22-13-9-8-10-14-22/h8-10,12-16,18-19H,2-7,11,17,20-21H2,1H3,(H,27,30)(H,29,31)/b28-19+. The molecule has 6 heteroatoms. The zero-order valence-corrected chi connectivity index (χ0v) is 19.0. The summed E-state index contributed by atoms with van der Waals surface area (Å²) < 4.78 is 5.79. The number of rotatable bonds is 15. The average molecular weight is 438 g/mol. The van der Waals surface area contributed by atoms with Crippen LogP contribution in [0.4, 0.5) is 0 Å². The molecule has 0 aromatic heterocycles. The SMILES string of the molecule is CCCCCCCCCC(=O)NCC(=O)N/N=C/c1cccc(OCc2ccccc2)c1. The minimum Gasteiger partial charge on any atom is -0.489 e. The number of hydrazone groups is 1. The molecule has 32 heavy (non-hydrogen) atoms. The molecule has 0 saturated carbocycles. The monoisotopic (exact) mass is 437 g/mol. The van der Waals surface area contributed by atoms with Gasteiger partial charge in [0.2, 0.25) is 5.91 Å². The van der Waals surface area contributed by atoms with Gasteiger partial charge in [-0.15, -0.1) is 0 Å². The smallest absolute Gasteiger partial charge is 0.259 e. The molecule has 0 bridgehead atoms. The van der Waals surface area contributed by atoms with Gasteiger partial charge in [-0.05, 0) is 29.7 Å². The molecule has 2 aromatic rings. The van der Waals surface area contributed by atoms with Crippen LogP contribution in [-0.2, 0) is 16.2 Å². The third-order valence-corrected chi connectivity index (χ3v) is 4.96. The van der Waals surface area contributed by atoms with E-state index in [1.165, 1.54) is 32.1 Å². The second-order valence-electron chi connectivity index (χ2n) is 7.79. The van der Waals surface area contributed by atoms with E-state index in [1.54, 1.807) is 6.21 Å². The van der Waals surface area contributed by atoms with Crippen LogP contribution in [0.3, 0.4) is 0 Å². The van der Waals surface area contributed by atoms with Crippen molar-refractivity contribution in [2.75, 3.05) is 6.54 Å². The molecule has 0 fully saturated rings. The lowest BCUT2D eigenvalue weighted by Gasteiger charge is -2.07. The number of ether oxygens (including phenoxy) is 1. The van der Waals surface area contributed by atoms with Crippen LogP contribution in [0.15, 0.2) is 59.7 Å². The lowest BCUT2D eigenvalue weighted by Crippen LogP contribution is -2.34. The second-order valence-corrected chi connectivity index (χ2v) is 7.79. The van der Waals surface area contributed by atoms with E-state index in [9.17, 15) is 9.59 Å². The molecule has 0 aliphatic heterocycles. The summed E-state index contributed by atoms with van der Waals surface area (Å²) in [6.07, 6.45) is 10.1. The van der Waals surface area contributed by atoms with Gasteiger partial charge < -0.3 is 10.1 Å². The summed E-state index contributed by atoms with van der Waals surface area (Å²) >= 11 is 0. The minimum atomic E-state index is -0.356. The van der Waals surface area contributed by atoms with Crippen LogP contribution in [0.2, 0.25) is 0 Å². The number of carbonyl (C=O) groups excluding carboxylic acids is 2. The van der Waals surface area contributed by atoms with E-state index in [2.05, 4.69) is 22.8 Å². The number of carbonyl (C=O) groups is 2. The highest BCUT2D eigenvalue weighted by molar-refractivity contribution is 5.86. The van der Waals surface area contributed by atoms with Crippen LogP contribution >= 0.6 is 0 Å². The number of unbranched alkanes of at least 4 members (excludes halogenated alkanes) is 6. The molecule has 2 amide bonds. The first kappa shape index (κ1) is 25.1. The Morgan fingerprint density at radius 2 is 1.66 bits per heavy atom. The van der Waals surface area contributed by atoms with Crippen molar-refractivity contribution in [2.24, 2.45) is 5.10 Å². The highest BCUT2D eigenvalue weighted by Gasteiger charge is 2.04. The Bertz CT molecular complexity index is 837. The molecule has 0 unspecified atom stereocenters. The second kappa shape index (κ2) is 15.6. The van der Waals surface area contributed by atoms with E-state index < -0.39 is 0 Å². The zero-order chi connectivity index (χ0) is 22.9. The van der Waals surface area contributed by atoms with Gasteiger partial charge in [0, 0.05) is 6.42 Å². The Morgan fingerprint density at radius 1 is 0.906 bits per heavy atom. The van der Waals surface area contributed by atoms with Gasteiger partial charge in [-0.3, -0.25) is 9.59 Å². The van der Waals surface area contributed by atoms with Crippen molar-refractivity contribution in [3.8, 4) is 5.75 Å². The van der Waals surface area contributed by atoms with Gasteiger partial charge >= 0.3 is 0 Å². The Hall–Kier alpha value is -3.15. The first-order valence-corrected chi connectivity index (χ1v) is 11.5. The van der Waals surface area contributed by atoms with Crippen molar-refractivity contribution < 1.29 is 14.3 Å². The number of nitrogens with zero attached hydrogens (tertiary/aromatic N) is 1. The molecule has 0 spiro atoms. The van der Waals surface area contributed by atoms with Crippen LogP contribution in [0, 0.1) is 0 Å². The van der Waals surface area contributed by atoms with Gasteiger partial charge in [-0.2, -0.15) is 5.10 Å². The summed E-state index contributed by atoms with van der Waals surface area (Å²) in [6, 6.07) is 17.4. The summed E-state index contributed by atoms with van der Waals surface area (Å²) in [5.41, 5.74) is 4.33. The predicted octanol–water partition coefficient (Wildman–Crippen LogP) is 4.97. The molecule has 2 rings (SSSR count). The summed E-state index contributed by atoms with van der Waals surface area (Å²) in [7, 11) is 0. The molecule has 0 atom stereocenters. The van der Waals surface area contributed by atoms with E-state index in [0.29, 0.717) is 13.0 Å². The molecule has 0 saturated heterocycles. The normalized spacial score (nSPS) is 10.8. The number of nitrogens with one attached hydrogen (secondary N) is 2. The molecule has 0 heterocycles. The maximum atomic E-state index is 11.9. The zero-order valence-electron chi connectivity index (χ0n) is 19.0. The van der Waals surface area contributed by atoms with Crippen LogP contribution in [0.5, 0.6) is 5.75 Å². The van der Waals surface area contributed by atoms with E-state index >= 15 is 0 Å². The third-order valence-electron chi connectivity index (χ3n) is 4.96. The summed E-state index contributed by atoms with van der Waals surface area (Å²) in [4.78, 5) is 23.7. The first-order chi connectivity index (χ1) is 15.7. The number of benzene rings is 2. The van der Waals surface area contributed by atoms with Crippen molar-refractivity contribution in [2.45, 2.75) is 64.9 Å². The van der Waals surface area contributed by atoms with Crippen LogP contribution < -0.4 is 15.5 Å². The fraction of sp³-hybridized carbons (Fsp3) is 0.423. The maximum Gasteiger partial charge on any atom is 0.259 e. The van der Waals surface area contributed by atoms with Gasteiger partial charge in [-0.1, -0.05) is 87.9 Å². The van der Waals surface area contributed by atoms with Crippen LogP contribution in [-0.4, -0.2) is 24.6 Å². The number of hydrogen-bond acceptors (Lipinski definition) is 4. The van der Waals surface area contributed by atoms with Gasteiger partial charge in [0.05, 0.1) is 12.8 Å². The molecule has 2 aromatic carbocycles. The van der Waals surface area contributed by atoms with Gasteiger partial charge in [0.1, 0.15) is 12.4 Å². The van der Waals surface area contributed by atoms with Crippen LogP contribution in [0.25, 0.3) is 0 Å². The summed E-state index contributed by atoms with van der Waals surface area (Å²) in [6.45, 7) is 2.61. The molecule has 6 nitrogen and oxygen atoms in total. The Morgan fingerprint density at radius 3 is 2.44 bits per heavy atom. The Labute approximate surface area is 191 Å². The van der Waals surface area contributed by atoms with Crippen molar-refractivity contribution in [1.29, 1.82) is 0 Å². The fourth-order valence-corrected chi connectivity index (χ4v) is 3.15. The fourth-order valence-electron chi connectivity index (χ4n) is 3.15. The van der Waals surface area contributed by atoms with E-state index in [4.69, 9.17) is 4.74 Å². The largest absolute Gasteiger partial charge is 0.489 e. The molecule has 0 radical (unpaired) electrons. The molecular weight excluding hydrogens is 402 g/mol. The van der Waals surface area contributed by atoms with E-state index in [0.717, 1.165) is 29.7 Å². The van der Waals surface area contributed by atoms with Gasteiger partial charge in [0.25, 0.3) is 5.91 Å². The third kappa shape index (κ3) is 11.3. The van der Waals surface area contributed by atoms with Gasteiger partial charge in [0.15, 0.2) is 0 Å². The molecule has 2 N–H and O–H groups in total. The lowest BCUT2D eigenvalue weighted by molar-refractivity contribution is -0.126. The highest BCUT2D eigenvalue weighted by atomic mass is 16.5. The quantitative estimate of drug-likeness (QED) is 0.234. The Kier molecular flexibility index (Phi) is 12.3. The topological polar surface area (TPSA) is 79.8 Å². The van der Waals surface area contributed by atoms with Crippen molar-refractivity contribution in [3.05, 3.63) is 65.7 Å². The number of amides is 2. The first-order valence-electron chi connectivity index (χ1n) is 11.5. The average Bonchev–Trinajstić information content (AvgIpc) is 2.82. The van der Waals surface area contributed by atoms with Gasteiger partial charge in [-0.25, -0.2) is 5.43 Å².